The number of aromatic amines is 1. The number of nitrogens with one attached hydrogen (secondary N) is 2. The Labute approximate surface area is 109 Å². The zero-order valence-electron chi connectivity index (χ0n) is 9.50. The van der Waals surface area contributed by atoms with E-state index in [4.69, 9.17) is 5.21 Å². The van der Waals surface area contributed by atoms with Crippen molar-refractivity contribution in [1.82, 2.24) is 15.7 Å². The van der Waals surface area contributed by atoms with Gasteiger partial charge in [-0.2, -0.15) is 18.3 Å². The highest BCUT2D eigenvalue weighted by Crippen LogP contribution is 2.35. The summed E-state index contributed by atoms with van der Waals surface area (Å²) in [5.41, 5.74) is 1.22. The number of hydroxylamine groups is 1. The second-order valence-electron chi connectivity index (χ2n) is 3.73. The topological polar surface area (TPSA) is 78.0 Å². The smallest absolute Gasteiger partial charge is 0.288 e. The number of nitrogens with zero attached hydrogens (tertiary/aromatic N) is 1. The lowest BCUT2D eigenvalue weighted by Crippen LogP contribution is -2.16. The average molecular weight is 291 g/mol. The number of hydrogen-bond donors (Lipinski definition) is 3. The summed E-state index contributed by atoms with van der Waals surface area (Å²) in [6, 6.07) is 2.34. The fourth-order valence-corrected chi connectivity index (χ4v) is 2.51. The molecule has 0 aliphatic rings. The van der Waals surface area contributed by atoms with Crippen molar-refractivity contribution in [3.8, 4) is 10.6 Å². The standard InChI is InChI=1S/C10H8F3N3O2S/c1-4-2-6(9(17)16-18)19-8(4)5-3-7(15-14-5)10(11,12)13/h2-3,18H,1H3,(H,14,15)(H,16,17). The van der Waals surface area contributed by atoms with E-state index < -0.39 is 17.8 Å². The molecule has 0 aromatic carbocycles. The van der Waals surface area contributed by atoms with Gasteiger partial charge in [-0.05, 0) is 24.6 Å². The first-order valence-electron chi connectivity index (χ1n) is 5.00. The van der Waals surface area contributed by atoms with Crippen LogP contribution in [-0.4, -0.2) is 21.3 Å². The molecule has 0 saturated heterocycles. The molecule has 2 aromatic rings. The Bertz CT molecular complexity index is 618. The number of carbonyl (C=O) groups is 1. The van der Waals surface area contributed by atoms with E-state index in [2.05, 4.69) is 5.10 Å². The lowest BCUT2D eigenvalue weighted by molar-refractivity contribution is -0.141. The van der Waals surface area contributed by atoms with Gasteiger partial charge in [-0.15, -0.1) is 11.3 Å². The molecule has 9 heteroatoms. The number of rotatable bonds is 2. The van der Waals surface area contributed by atoms with Gasteiger partial charge in [0.2, 0.25) is 0 Å². The maximum Gasteiger partial charge on any atom is 0.432 e. The molecule has 2 aromatic heterocycles. The molecule has 19 heavy (non-hydrogen) atoms. The van der Waals surface area contributed by atoms with Crippen LogP contribution >= 0.6 is 11.3 Å². The first-order chi connectivity index (χ1) is 8.82. The van der Waals surface area contributed by atoms with Crippen LogP contribution in [0.2, 0.25) is 0 Å². The second kappa shape index (κ2) is 4.67. The van der Waals surface area contributed by atoms with Crippen molar-refractivity contribution in [2.45, 2.75) is 13.1 Å². The van der Waals surface area contributed by atoms with Crippen LogP contribution in [0, 0.1) is 6.92 Å². The Balaban J connectivity index is 2.40. The molecular formula is C10H8F3N3O2S. The van der Waals surface area contributed by atoms with E-state index in [1.807, 2.05) is 5.10 Å². The molecule has 2 heterocycles. The number of carbonyl (C=O) groups excluding carboxylic acids is 1. The molecule has 3 N–H and O–H groups in total. The summed E-state index contributed by atoms with van der Waals surface area (Å²) in [5, 5.41) is 14.0. The van der Waals surface area contributed by atoms with Gasteiger partial charge in [0.25, 0.3) is 5.91 Å². The lowest BCUT2D eigenvalue weighted by Gasteiger charge is -1.99. The third kappa shape index (κ3) is 2.61. The summed E-state index contributed by atoms with van der Waals surface area (Å²) < 4.78 is 37.3. The number of H-pyrrole nitrogens is 1. The molecule has 0 atom stereocenters. The Kier molecular flexibility index (Phi) is 3.33. The van der Waals surface area contributed by atoms with Crippen molar-refractivity contribution in [2.24, 2.45) is 0 Å². The molecule has 1 amide bonds. The highest BCUT2D eigenvalue weighted by Gasteiger charge is 2.33. The van der Waals surface area contributed by atoms with E-state index in [0.29, 0.717) is 10.4 Å². The molecule has 2 rings (SSSR count). The van der Waals surface area contributed by atoms with Crippen LogP contribution in [0.5, 0.6) is 0 Å². The Hall–Kier alpha value is -1.87. The van der Waals surface area contributed by atoms with Crippen molar-refractivity contribution in [3.63, 3.8) is 0 Å². The van der Waals surface area contributed by atoms with Gasteiger partial charge in [-0.1, -0.05) is 0 Å². The minimum Gasteiger partial charge on any atom is -0.288 e. The highest BCUT2D eigenvalue weighted by molar-refractivity contribution is 7.17. The Morgan fingerprint density at radius 1 is 1.47 bits per heavy atom. The summed E-state index contributed by atoms with van der Waals surface area (Å²) in [7, 11) is 0. The number of hydrogen-bond acceptors (Lipinski definition) is 4. The van der Waals surface area contributed by atoms with Crippen molar-refractivity contribution < 1.29 is 23.2 Å². The van der Waals surface area contributed by atoms with E-state index >= 15 is 0 Å². The first-order valence-corrected chi connectivity index (χ1v) is 5.82. The molecule has 0 radical (unpaired) electrons. The van der Waals surface area contributed by atoms with Crippen molar-refractivity contribution in [2.75, 3.05) is 0 Å². The van der Waals surface area contributed by atoms with Crippen LogP contribution in [0.25, 0.3) is 10.6 Å². The van der Waals surface area contributed by atoms with Crippen molar-refractivity contribution in [3.05, 3.63) is 28.3 Å². The lowest BCUT2D eigenvalue weighted by atomic mass is 10.2. The molecule has 5 nitrogen and oxygen atoms in total. The van der Waals surface area contributed by atoms with Crippen LogP contribution in [0.15, 0.2) is 12.1 Å². The van der Waals surface area contributed by atoms with E-state index in [1.165, 1.54) is 11.5 Å². The van der Waals surface area contributed by atoms with Crippen LogP contribution in [0.3, 0.4) is 0 Å². The second-order valence-corrected chi connectivity index (χ2v) is 4.78. The fraction of sp³-hybridized carbons (Fsp3) is 0.200. The first kappa shape index (κ1) is 13.6. The largest absolute Gasteiger partial charge is 0.432 e. The Morgan fingerprint density at radius 2 is 2.16 bits per heavy atom. The summed E-state index contributed by atoms with van der Waals surface area (Å²) in [6.07, 6.45) is -4.50. The Morgan fingerprint density at radius 3 is 2.68 bits per heavy atom. The van der Waals surface area contributed by atoms with Crippen LogP contribution in [-0.2, 0) is 6.18 Å². The number of halogens is 3. The van der Waals surface area contributed by atoms with Gasteiger partial charge >= 0.3 is 6.18 Å². The van der Waals surface area contributed by atoms with Crippen LogP contribution < -0.4 is 5.48 Å². The average Bonchev–Trinajstić information content (AvgIpc) is 2.93. The number of aryl methyl sites for hydroxylation is 1. The molecular weight excluding hydrogens is 283 g/mol. The van der Waals surface area contributed by atoms with Gasteiger partial charge in [0, 0.05) is 0 Å². The number of aromatic nitrogens is 2. The maximum absolute atomic E-state index is 12.4. The van der Waals surface area contributed by atoms with Gasteiger partial charge < -0.3 is 0 Å². The third-order valence-corrected chi connectivity index (χ3v) is 3.62. The predicted octanol–water partition coefficient (Wildman–Crippen LogP) is 2.58. The molecule has 0 spiro atoms. The number of alkyl halides is 3. The number of thiophene rings is 1. The monoisotopic (exact) mass is 291 g/mol. The van der Waals surface area contributed by atoms with E-state index in [0.717, 1.165) is 17.4 Å². The zero-order chi connectivity index (χ0) is 14.2. The molecule has 0 unspecified atom stereocenters. The number of amides is 1. The normalized spacial score (nSPS) is 11.6. The van der Waals surface area contributed by atoms with Gasteiger partial charge in [-0.3, -0.25) is 15.1 Å². The van der Waals surface area contributed by atoms with Crippen molar-refractivity contribution in [1.29, 1.82) is 0 Å². The van der Waals surface area contributed by atoms with E-state index in [1.54, 1.807) is 6.92 Å². The van der Waals surface area contributed by atoms with Gasteiger partial charge in [0.05, 0.1) is 9.75 Å². The zero-order valence-corrected chi connectivity index (χ0v) is 10.3. The molecule has 0 aliphatic carbocycles. The minimum atomic E-state index is -4.50. The van der Waals surface area contributed by atoms with E-state index in [9.17, 15) is 18.0 Å². The third-order valence-electron chi connectivity index (χ3n) is 2.36. The van der Waals surface area contributed by atoms with Gasteiger partial charge in [0.1, 0.15) is 11.4 Å². The van der Waals surface area contributed by atoms with E-state index in [-0.39, 0.29) is 10.6 Å². The van der Waals surface area contributed by atoms with Crippen LogP contribution in [0.4, 0.5) is 13.2 Å². The summed E-state index contributed by atoms with van der Waals surface area (Å²) in [4.78, 5) is 11.8. The summed E-state index contributed by atoms with van der Waals surface area (Å²) in [5.74, 6) is -0.717. The van der Waals surface area contributed by atoms with Crippen molar-refractivity contribution >= 4 is 17.2 Å². The molecule has 0 aliphatic heterocycles. The summed E-state index contributed by atoms with van der Waals surface area (Å²) in [6.45, 7) is 1.64. The summed E-state index contributed by atoms with van der Waals surface area (Å²) >= 11 is 0.947. The molecule has 0 bridgehead atoms. The van der Waals surface area contributed by atoms with Gasteiger partial charge in [-0.25, -0.2) is 5.48 Å². The molecule has 102 valence electrons. The minimum absolute atomic E-state index is 0.104. The predicted molar refractivity (Wildman–Crippen MR) is 60.9 cm³/mol. The van der Waals surface area contributed by atoms with Gasteiger partial charge in [0.15, 0.2) is 0 Å². The fourth-order valence-electron chi connectivity index (χ4n) is 1.49. The molecule has 0 fully saturated rings. The quantitative estimate of drug-likeness (QED) is 0.588. The van der Waals surface area contributed by atoms with Crippen LogP contribution in [0.1, 0.15) is 20.9 Å². The molecule has 0 saturated carbocycles. The highest BCUT2D eigenvalue weighted by atomic mass is 32.1. The SMILES string of the molecule is Cc1cc(C(=O)NO)sc1-c1cc(C(F)(F)F)[nH]n1. The maximum atomic E-state index is 12.4.